The number of anilines is 1. The normalized spacial score (nSPS) is 14.1. The Hall–Kier alpha value is -2.30. The molecule has 1 aliphatic carbocycles. The summed E-state index contributed by atoms with van der Waals surface area (Å²) in [6.45, 7) is 0.636. The number of aryl methyl sites for hydroxylation is 1. The van der Waals surface area contributed by atoms with E-state index in [-0.39, 0.29) is 5.91 Å². The van der Waals surface area contributed by atoms with Gasteiger partial charge in [-0.2, -0.15) is 0 Å². The fourth-order valence-electron chi connectivity index (χ4n) is 2.01. The maximum absolute atomic E-state index is 12.0. The van der Waals surface area contributed by atoms with Gasteiger partial charge in [0.15, 0.2) is 0 Å². The molecule has 0 atom stereocenters. The summed E-state index contributed by atoms with van der Waals surface area (Å²) in [7, 11) is 1.96. The second-order valence-corrected chi connectivity index (χ2v) is 5.14. The van der Waals surface area contributed by atoms with E-state index in [0.29, 0.717) is 18.2 Å². The summed E-state index contributed by atoms with van der Waals surface area (Å²) in [4.78, 5) is 16.2. The summed E-state index contributed by atoms with van der Waals surface area (Å²) in [5, 5.41) is 6.28. The largest absolute Gasteiger partial charge is 0.378 e. The van der Waals surface area contributed by atoms with Crippen LogP contribution in [0.25, 0.3) is 0 Å². The van der Waals surface area contributed by atoms with Gasteiger partial charge in [0.25, 0.3) is 5.91 Å². The Balaban J connectivity index is 1.64. The standard InChI is InChI=1S/C15H18N4O/c1-19-8-7-16-14(19)10-17-13-4-2-3-11(9-13)15(20)18-12-5-6-12/h2-4,7-9,12,17H,5-6,10H2,1H3,(H,18,20). The molecule has 0 bridgehead atoms. The Bertz CT molecular complexity index is 616. The molecule has 1 aliphatic rings. The smallest absolute Gasteiger partial charge is 0.251 e. The summed E-state index contributed by atoms with van der Waals surface area (Å²) >= 11 is 0. The number of carbonyl (C=O) groups excluding carboxylic acids is 1. The molecule has 20 heavy (non-hydrogen) atoms. The molecule has 2 aromatic rings. The number of aromatic nitrogens is 2. The van der Waals surface area contributed by atoms with Gasteiger partial charge in [-0.1, -0.05) is 6.07 Å². The Morgan fingerprint density at radius 2 is 2.30 bits per heavy atom. The fraction of sp³-hybridized carbons (Fsp3) is 0.333. The lowest BCUT2D eigenvalue weighted by atomic mass is 10.2. The quantitative estimate of drug-likeness (QED) is 0.872. The van der Waals surface area contributed by atoms with Gasteiger partial charge < -0.3 is 15.2 Å². The number of carbonyl (C=O) groups is 1. The van der Waals surface area contributed by atoms with Crippen LogP contribution in [-0.4, -0.2) is 21.5 Å². The molecule has 0 saturated heterocycles. The average Bonchev–Trinajstić information content (AvgIpc) is 3.17. The van der Waals surface area contributed by atoms with Crippen LogP contribution in [0.5, 0.6) is 0 Å². The van der Waals surface area contributed by atoms with Gasteiger partial charge in [-0.05, 0) is 31.0 Å². The lowest BCUT2D eigenvalue weighted by Crippen LogP contribution is -2.25. The van der Waals surface area contributed by atoms with E-state index in [1.165, 1.54) is 0 Å². The minimum Gasteiger partial charge on any atom is -0.378 e. The highest BCUT2D eigenvalue weighted by atomic mass is 16.1. The summed E-state index contributed by atoms with van der Waals surface area (Å²) in [6, 6.07) is 7.94. The number of amides is 1. The predicted molar refractivity (Wildman–Crippen MR) is 77.5 cm³/mol. The van der Waals surface area contributed by atoms with Crippen molar-refractivity contribution in [2.45, 2.75) is 25.4 Å². The molecule has 1 heterocycles. The summed E-state index contributed by atoms with van der Waals surface area (Å²) in [5.41, 5.74) is 1.62. The van der Waals surface area contributed by atoms with Crippen LogP contribution in [0.4, 0.5) is 5.69 Å². The van der Waals surface area contributed by atoms with Gasteiger partial charge >= 0.3 is 0 Å². The highest BCUT2D eigenvalue weighted by Gasteiger charge is 2.23. The lowest BCUT2D eigenvalue weighted by molar-refractivity contribution is 0.0951. The van der Waals surface area contributed by atoms with Gasteiger partial charge in [0, 0.05) is 36.7 Å². The molecule has 1 aromatic carbocycles. The zero-order chi connectivity index (χ0) is 13.9. The molecule has 0 unspecified atom stereocenters. The molecule has 1 fully saturated rings. The molecule has 0 spiro atoms. The van der Waals surface area contributed by atoms with Crippen molar-refractivity contribution in [2.75, 3.05) is 5.32 Å². The van der Waals surface area contributed by atoms with Crippen LogP contribution >= 0.6 is 0 Å². The zero-order valence-corrected chi connectivity index (χ0v) is 11.5. The van der Waals surface area contributed by atoms with Crippen molar-refractivity contribution in [3.8, 4) is 0 Å². The van der Waals surface area contributed by atoms with Gasteiger partial charge in [-0.25, -0.2) is 4.98 Å². The van der Waals surface area contributed by atoms with Crippen LogP contribution in [-0.2, 0) is 13.6 Å². The molecule has 2 N–H and O–H groups in total. The lowest BCUT2D eigenvalue weighted by Gasteiger charge is -2.08. The third-order valence-corrected chi connectivity index (χ3v) is 3.41. The first-order chi connectivity index (χ1) is 9.72. The molecule has 5 nitrogen and oxygen atoms in total. The molecule has 104 valence electrons. The van der Waals surface area contributed by atoms with Crippen LogP contribution < -0.4 is 10.6 Å². The first kappa shape index (κ1) is 12.7. The van der Waals surface area contributed by atoms with E-state index in [4.69, 9.17) is 0 Å². The Labute approximate surface area is 118 Å². The van der Waals surface area contributed by atoms with Crippen LogP contribution in [0.15, 0.2) is 36.7 Å². The number of benzene rings is 1. The van der Waals surface area contributed by atoms with E-state index in [9.17, 15) is 4.79 Å². The van der Waals surface area contributed by atoms with Crippen LogP contribution in [0.3, 0.4) is 0 Å². The van der Waals surface area contributed by atoms with E-state index < -0.39 is 0 Å². The Morgan fingerprint density at radius 3 is 3.00 bits per heavy atom. The van der Waals surface area contributed by atoms with E-state index in [1.807, 2.05) is 42.1 Å². The summed E-state index contributed by atoms with van der Waals surface area (Å²) in [5.74, 6) is 0.964. The predicted octanol–water partition coefficient (Wildman–Crippen LogP) is 1.92. The van der Waals surface area contributed by atoms with Crippen molar-refractivity contribution in [1.82, 2.24) is 14.9 Å². The molecule has 0 aliphatic heterocycles. The second-order valence-electron chi connectivity index (χ2n) is 5.14. The third-order valence-electron chi connectivity index (χ3n) is 3.41. The van der Waals surface area contributed by atoms with Crippen molar-refractivity contribution in [3.05, 3.63) is 48.0 Å². The van der Waals surface area contributed by atoms with Crippen molar-refractivity contribution in [3.63, 3.8) is 0 Å². The van der Waals surface area contributed by atoms with Crippen LogP contribution in [0.2, 0.25) is 0 Å². The summed E-state index contributed by atoms with van der Waals surface area (Å²) < 4.78 is 1.97. The SMILES string of the molecule is Cn1ccnc1CNc1cccc(C(=O)NC2CC2)c1. The first-order valence-electron chi connectivity index (χ1n) is 6.83. The van der Waals surface area contributed by atoms with Gasteiger partial charge in [-0.15, -0.1) is 0 Å². The monoisotopic (exact) mass is 270 g/mol. The van der Waals surface area contributed by atoms with Gasteiger partial charge in [0.05, 0.1) is 6.54 Å². The number of hydrogen-bond donors (Lipinski definition) is 2. The molecule has 3 rings (SSSR count). The Morgan fingerprint density at radius 1 is 1.45 bits per heavy atom. The number of imidazole rings is 1. The average molecular weight is 270 g/mol. The number of nitrogens with one attached hydrogen (secondary N) is 2. The topological polar surface area (TPSA) is 59.0 Å². The maximum Gasteiger partial charge on any atom is 0.251 e. The molecule has 1 aromatic heterocycles. The van der Waals surface area contributed by atoms with Crippen molar-refractivity contribution < 1.29 is 4.79 Å². The van der Waals surface area contributed by atoms with Gasteiger partial charge in [0.2, 0.25) is 0 Å². The number of hydrogen-bond acceptors (Lipinski definition) is 3. The molecule has 1 amide bonds. The van der Waals surface area contributed by atoms with E-state index in [1.54, 1.807) is 6.20 Å². The molecule has 0 radical (unpaired) electrons. The zero-order valence-electron chi connectivity index (χ0n) is 11.5. The van der Waals surface area contributed by atoms with E-state index >= 15 is 0 Å². The number of nitrogens with zero attached hydrogens (tertiary/aromatic N) is 2. The van der Waals surface area contributed by atoms with Crippen LogP contribution in [0, 0.1) is 0 Å². The van der Waals surface area contributed by atoms with Crippen molar-refractivity contribution in [1.29, 1.82) is 0 Å². The molecule has 5 heteroatoms. The minimum absolute atomic E-state index is 0.00754. The summed E-state index contributed by atoms with van der Waals surface area (Å²) in [6.07, 6.45) is 5.89. The van der Waals surface area contributed by atoms with Crippen molar-refractivity contribution in [2.24, 2.45) is 7.05 Å². The molecule has 1 saturated carbocycles. The molecular formula is C15H18N4O. The molecular weight excluding hydrogens is 252 g/mol. The first-order valence-corrected chi connectivity index (χ1v) is 6.83. The van der Waals surface area contributed by atoms with Crippen molar-refractivity contribution >= 4 is 11.6 Å². The third kappa shape index (κ3) is 2.99. The maximum atomic E-state index is 12.0. The second kappa shape index (κ2) is 5.36. The van der Waals surface area contributed by atoms with Crippen LogP contribution in [0.1, 0.15) is 29.0 Å². The highest BCUT2D eigenvalue weighted by Crippen LogP contribution is 2.20. The highest BCUT2D eigenvalue weighted by molar-refractivity contribution is 5.95. The fourth-order valence-corrected chi connectivity index (χ4v) is 2.01. The van der Waals surface area contributed by atoms with E-state index in [0.717, 1.165) is 24.4 Å². The number of rotatable bonds is 5. The minimum atomic E-state index is 0.00754. The van der Waals surface area contributed by atoms with Gasteiger partial charge in [-0.3, -0.25) is 4.79 Å². The van der Waals surface area contributed by atoms with E-state index in [2.05, 4.69) is 15.6 Å². The van der Waals surface area contributed by atoms with Gasteiger partial charge in [0.1, 0.15) is 5.82 Å². The Kier molecular flexibility index (Phi) is 3.41.